The van der Waals surface area contributed by atoms with Crippen LogP contribution in [-0.4, -0.2) is 23.4 Å². The molecule has 3 rings (SSSR count). The molecular formula is C17H16N2O2S. The SMILES string of the molecule is O=C(NC1=NCCS1)c1cccc(OCc2ccccc2)c1. The molecule has 0 aromatic heterocycles. The number of amidine groups is 1. The molecule has 0 radical (unpaired) electrons. The van der Waals surface area contributed by atoms with Gasteiger partial charge in [0.1, 0.15) is 12.4 Å². The van der Waals surface area contributed by atoms with E-state index in [-0.39, 0.29) is 5.91 Å². The van der Waals surface area contributed by atoms with E-state index >= 15 is 0 Å². The Hall–Kier alpha value is -2.27. The summed E-state index contributed by atoms with van der Waals surface area (Å²) in [6.45, 7) is 1.25. The molecule has 2 aromatic carbocycles. The van der Waals surface area contributed by atoms with Crippen LogP contribution in [0.1, 0.15) is 15.9 Å². The third-order valence-corrected chi connectivity index (χ3v) is 4.04. The lowest BCUT2D eigenvalue weighted by molar-refractivity contribution is 0.0977. The molecule has 0 atom stereocenters. The molecule has 1 heterocycles. The van der Waals surface area contributed by atoms with E-state index in [0.29, 0.717) is 23.1 Å². The van der Waals surface area contributed by atoms with Gasteiger partial charge in [-0.25, -0.2) is 0 Å². The number of carbonyl (C=O) groups excluding carboxylic acids is 1. The summed E-state index contributed by atoms with van der Waals surface area (Å²) in [5.41, 5.74) is 1.66. The van der Waals surface area contributed by atoms with E-state index < -0.39 is 0 Å². The molecule has 5 heteroatoms. The second-order valence-corrected chi connectivity index (χ2v) is 5.88. The topological polar surface area (TPSA) is 50.7 Å². The van der Waals surface area contributed by atoms with Crippen molar-refractivity contribution >= 4 is 22.8 Å². The molecule has 4 nitrogen and oxygen atoms in total. The molecule has 0 aliphatic carbocycles. The Morgan fingerprint density at radius 1 is 1.18 bits per heavy atom. The Kier molecular flexibility index (Phi) is 4.75. The number of hydrogen-bond donors (Lipinski definition) is 1. The Morgan fingerprint density at radius 3 is 2.82 bits per heavy atom. The van der Waals surface area contributed by atoms with E-state index in [1.165, 1.54) is 0 Å². The summed E-state index contributed by atoms with van der Waals surface area (Å²) in [5, 5.41) is 3.51. The van der Waals surface area contributed by atoms with Gasteiger partial charge in [0.25, 0.3) is 5.91 Å². The van der Waals surface area contributed by atoms with E-state index in [2.05, 4.69) is 10.3 Å². The van der Waals surface area contributed by atoms with Gasteiger partial charge in [0, 0.05) is 11.3 Å². The van der Waals surface area contributed by atoms with Gasteiger partial charge in [-0.3, -0.25) is 9.79 Å². The van der Waals surface area contributed by atoms with Crippen molar-refractivity contribution in [2.75, 3.05) is 12.3 Å². The Bertz CT molecular complexity index is 686. The molecule has 0 saturated heterocycles. The summed E-state index contributed by atoms with van der Waals surface area (Å²) >= 11 is 1.56. The highest BCUT2D eigenvalue weighted by molar-refractivity contribution is 8.14. The molecule has 112 valence electrons. The number of thioether (sulfide) groups is 1. The maximum atomic E-state index is 12.2. The third kappa shape index (κ3) is 3.89. The minimum absolute atomic E-state index is 0.154. The van der Waals surface area contributed by atoms with Crippen molar-refractivity contribution in [3.63, 3.8) is 0 Å². The number of benzene rings is 2. The predicted octanol–water partition coefficient (Wildman–Crippen LogP) is 3.10. The van der Waals surface area contributed by atoms with Crippen LogP contribution in [0.15, 0.2) is 59.6 Å². The van der Waals surface area contributed by atoms with Gasteiger partial charge in [0.05, 0.1) is 6.54 Å². The summed E-state index contributed by atoms with van der Waals surface area (Å²) < 4.78 is 5.74. The normalized spacial score (nSPS) is 13.5. The molecule has 1 aliphatic rings. The highest BCUT2D eigenvalue weighted by atomic mass is 32.2. The van der Waals surface area contributed by atoms with Crippen molar-refractivity contribution in [3.8, 4) is 5.75 Å². The van der Waals surface area contributed by atoms with Crippen LogP contribution >= 0.6 is 11.8 Å². The molecule has 0 unspecified atom stereocenters. The van der Waals surface area contributed by atoms with Gasteiger partial charge < -0.3 is 10.1 Å². The average molecular weight is 312 g/mol. The lowest BCUT2D eigenvalue weighted by atomic mass is 10.2. The first kappa shape index (κ1) is 14.7. The highest BCUT2D eigenvalue weighted by Crippen LogP contribution is 2.16. The molecular weight excluding hydrogens is 296 g/mol. The van der Waals surface area contributed by atoms with Crippen LogP contribution in [0, 0.1) is 0 Å². The van der Waals surface area contributed by atoms with Crippen LogP contribution in [0.3, 0.4) is 0 Å². The molecule has 22 heavy (non-hydrogen) atoms. The fraction of sp³-hybridized carbons (Fsp3) is 0.176. The van der Waals surface area contributed by atoms with Gasteiger partial charge in [-0.1, -0.05) is 48.2 Å². The molecule has 0 spiro atoms. The van der Waals surface area contributed by atoms with E-state index in [1.54, 1.807) is 23.9 Å². The second kappa shape index (κ2) is 7.13. The van der Waals surface area contributed by atoms with E-state index in [4.69, 9.17) is 4.74 Å². The highest BCUT2D eigenvalue weighted by Gasteiger charge is 2.13. The van der Waals surface area contributed by atoms with Gasteiger partial charge in [0.2, 0.25) is 0 Å². The summed E-state index contributed by atoms with van der Waals surface area (Å²) in [5.74, 6) is 1.45. The Labute approximate surface area is 133 Å². The number of amides is 1. The van der Waals surface area contributed by atoms with Crippen molar-refractivity contribution in [2.45, 2.75) is 6.61 Å². The van der Waals surface area contributed by atoms with Crippen LogP contribution in [0.5, 0.6) is 5.75 Å². The van der Waals surface area contributed by atoms with Crippen molar-refractivity contribution in [1.82, 2.24) is 5.32 Å². The van der Waals surface area contributed by atoms with Crippen molar-refractivity contribution < 1.29 is 9.53 Å². The first-order valence-corrected chi connectivity index (χ1v) is 8.05. The lowest BCUT2D eigenvalue weighted by Crippen LogP contribution is -2.27. The molecule has 1 amide bonds. The van der Waals surface area contributed by atoms with Gasteiger partial charge in [-0.2, -0.15) is 0 Å². The number of nitrogens with zero attached hydrogens (tertiary/aromatic N) is 1. The fourth-order valence-corrected chi connectivity index (χ4v) is 2.77. The first-order valence-electron chi connectivity index (χ1n) is 7.07. The van der Waals surface area contributed by atoms with Crippen LogP contribution in [0.2, 0.25) is 0 Å². The number of aliphatic imine (C=N–C) groups is 1. The quantitative estimate of drug-likeness (QED) is 0.944. The van der Waals surface area contributed by atoms with Gasteiger partial charge in [0.15, 0.2) is 5.17 Å². The third-order valence-electron chi connectivity index (χ3n) is 3.15. The van der Waals surface area contributed by atoms with Gasteiger partial charge >= 0.3 is 0 Å². The van der Waals surface area contributed by atoms with E-state index in [1.807, 2.05) is 42.5 Å². The largest absolute Gasteiger partial charge is 0.489 e. The lowest BCUT2D eigenvalue weighted by Gasteiger charge is -2.08. The number of rotatable bonds is 4. The van der Waals surface area contributed by atoms with E-state index in [9.17, 15) is 4.79 Å². The number of carbonyl (C=O) groups is 1. The predicted molar refractivity (Wildman–Crippen MR) is 89.4 cm³/mol. The standard InChI is InChI=1S/C17H16N2O2S/c20-16(19-17-18-9-10-22-17)14-7-4-8-15(11-14)21-12-13-5-2-1-3-6-13/h1-8,11H,9-10,12H2,(H,18,19,20). The maximum absolute atomic E-state index is 12.2. The van der Waals surface area contributed by atoms with Gasteiger partial charge in [-0.05, 0) is 23.8 Å². The van der Waals surface area contributed by atoms with E-state index in [0.717, 1.165) is 17.9 Å². The molecule has 1 aliphatic heterocycles. The molecule has 2 aromatic rings. The van der Waals surface area contributed by atoms with Gasteiger partial charge in [-0.15, -0.1) is 0 Å². The second-order valence-electron chi connectivity index (χ2n) is 4.79. The average Bonchev–Trinajstić information content (AvgIpc) is 3.07. The van der Waals surface area contributed by atoms with Crippen LogP contribution in [0.4, 0.5) is 0 Å². The van der Waals surface area contributed by atoms with Crippen molar-refractivity contribution in [3.05, 3.63) is 65.7 Å². The molecule has 0 fully saturated rings. The Morgan fingerprint density at radius 2 is 2.05 bits per heavy atom. The van der Waals surface area contributed by atoms with Crippen LogP contribution < -0.4 is 10.1 Å². The molecule has 0 saturated carbocycles. The monoisotopic (exact) mass is 312 g/mol. The number of nitrogens with one attached hydrogen (secondary N) is 1. The summed E-state index contributed by atoms with van der Waals surface area (Å²) in [7, 11) is 0. The zero-order chi connectivity index (χ0) is 15.2. The zero-order valence-corrected chi connectivity index (χ0v) is 12.8. The van der Waals surface area contributed by atoms with Crippen LogP contribution in [-0.2, 0) is 6.61 Å². The zero-order valence-electron chi connectivity index (χ0n) is 12.0. The number of hydrogen-bond acceptors (Lipinski definition) is 4. The van der Waals surface area contributed by atoms with Crippen molar-refractivity contribution in [1.29, 1.82) is 0 Å². The number of ether oxygens (including phenoxy) is 1. The summed E-state index contributed by atoms with van der Waals surface area (Å²) in [6.07, 6.45) is 0. The maximum Gasteiger partial charge on any atom is 0.257 e. The minimum atomic E-state index is -0.154. The fourth-order valence-electron chi connectivity index (χ4n) is 2.05. The molecule has 0 bridgehead atoms. The van der Waals surface area contributed by atoms with Crippen molar-refractivity contribution in [2.24, 2.45) is 4.99 Å². The first-order chi connectivity index (χ1) is 10.8. The minimum Gasteiger partial charge on any atom is -0.489 e. The van der Waals surface area contributed by atoms with Crippen LogP contribution in [0.25, 0.3) is 0 Å². The smallest absolute Gasteiger partial charge is 0.257 e. The Balaban J connectivity index is 1.63. The summed E-state index contributed by atoms with van der Waals surface area (Å²) in [6, 6.07) is 17.1. The summed E-state index contributed by atoms with van der Waals surface area (Å²) in [4.78, 5) is 16.4. The molecule has 1 N–H and O–H groups in total.